The summed E-state index contributed by atoms with van der Waals surface area (Å²) in [6.45, 7) is 4.12. The molecule has 2 rings (SSSR count). The first-order valence-corrected chi connectivity index (χ1v) is 6.23. The monoisotopic (exact) mass is 220 g/mol. The molecule has 1 fully saturated rings. The lowest BCUT2D eigenvalue weighted by Crippen LogP contribution is -2.33. The van der Waals surface area contributed by atoms with Crippen molar-refractivity contribution in [2.45, 2.75) is 46.0 Å². The number of hydrogen-bond acceptors (Lipinski definition) is 1. The summed E-state index contributed by atoms with van der Waals surface area (Å²) in [5.41, 5.74) is 1.60. The number of carboxylic acids is 1. The standard InChI is InChI=1S/C14H20O2/c1-3-11-7-5-9-14(11)8-4-6-10(2)12(14)13(15)16/h4,6,11H,3,5,7-9H2,1-2H3,(H,15,16). The molecule has 16 heavy (non-hydrogen) atoms. The van der Waals surface area contributed by atoms with Gasteiger partial charge in [0, 0.05) is 11.0 Å². The van der Waals surface area contributed by atoms with Gasteiger partial charge in [-0.25, -0.2) is 4.79 Å². The minimum absolute atomic E-state index is 0.0561. The van der Waals surface area contributed by atoms with E-state index in [0.29, 0.717) is 11.5 Å². The zero-order chi connectivity index (χ0) is 11.8. The lowest BCUT2D eigenvalue weighted by Gasteiger charge is -2.38. The van der Waals surface area contributed by atoms with Crippen LogP contribution in [0, 0.1) is 11.3 Å². The maximum absolute atomic E-state index is 11.5. The maximum Gasteiger partial charge on any atom is 0.332 e. The Morgan fingerprint density at radius 1 is 1.62 bits per heavy atom. The number of carboxylic acid groups (broad SMARTS) is 1. The van der Waals surface area contributed by atoms with Gasteiger partial charge in [-0.15, -0.1) is 0 Å². The first-order chi connectivity index (χ1) is 7.62. The molecule has 0 bridgehead atoms. The fraction of sp³-hybridized carbons (Fsp3) is 0.643. The van der Waals surface area contributed by atoms with E-state index in [9.17, 15) is 9.90 Å². The summed E-state index contributed by atoms with van der Waals surface area (Å²) in [6, 6.07) is 0. The molecule has 0 aliphatic heterocycles. The van der Waals surface area contributed by atoms with Crippen molar-refractivity contribution in [3.8, 4) is 0 Å². The SMILES string of the molecule is CCC1CCCC12CC=CC(C)=C2C(=O)O. The van der Waals surface area contributed by atoms with Crippen LogP contribution in [0.5, 0.6) is 0 Å². The number of allylic oxidation sites excluding steroid dienone is 3. The summed E-state index contributed by atoms with van der Waals surface area (Å²) in [6.07, 6.45) is 9.57. The maximum atomic E-state index is 11.5. The molecule has 0 aromatic carbocycles. The van der Waals surface area contributed by atoms with E-state index in [-0.39, 0.29) is 5.41 Å². The normalized spacial score (nSPS) is 33.8. The van der Waals surface area contributed by atoms with Crippen molar-refractivity contribution in [3.63, 3.8) is 0 Å². The van der Waals surface area contributed by atoms with Crippen LogP contribution >= 0.6 is 0 Å². The second-order valence-corrected chi connectivity index (χ2v) is 5.12. The molecule has 0 radical (unpaired) electrons. The first-order valence-electron chi connectivity index (χ1n) is 6.23. The van der Waals surface area contributed by atoms with Crippen molar-refractivity contribution in [1.29, 1.82) is 0 Å². The van der Waals surface area contributed by atoms with Crippen LogP contribution < -0.4 is 0 Å². The molecular weight excluding hydrogens is 200 g/mol. The molecule has 2 unspecified atom stereocenters. The predicted molar refractivity (Wildman–Crippen MR) is 64.2 cm³/mol. The molecule has 0 heterocycles. The van der Waals surface area contributed by atoms with Crippen LogP contribution in [0.2, 0.25) is 0 Å². The van der Waals surface area contributed by atoms with Crippen molar-refractivity contribution in [1.82, 2.24) is 0 Å². The van der Waals surface area contributed by atoms with Crippen LogP contribution in [-0.4, -0.2) is 11.1 Å². The van der Waals surface area contributed by atoms with Gasteiger partial charge in [-0.05, 0) is 37.7 Å². The molecule has 2 aliphatic carbocycles. The third-order valence-electron chi connectivity index (χ3n) is 4.41. The van der Waals surface area contributed by atoms with Crippen molar-refractivity contribution in [2.75, 3.05) is 0 Å². The molecule has 2 atom stereocenters. The van der Waals surface area contributed by atoms with E-state index in [1.165, 1.54) is 12.8 Å². The molecule has 2 aliphatic rings. The molecule has 0 amide bonds. The van der Waals surface area contributed by atoms with E-state index < -0.39 is 5.97 Å². The van der Waals surface area contributed by atoms with E-state index in [2.05, 4.69) is 13.0 Å². The van der Waals surface area contributed by atoms with E-state index >= 15 is 0 Å². The van der Waals surface area contributed by atoms with Crippen LogP contribution in [0.25, 0.3) is 0 Å². The van der Waals surface area contributed by atoms with Crippen LogP contribution in [0.1, 0.15) is 46.0 Å². The Morgan fingerprint density at radius 3 is 3.00 bits per heavy atom. The largest absolute Gasteiger partial charge is 0.478 e. The van der Waals surface area contributed by atoms with Crippen molar-refractivity contribution in [3.05, 3.63) is 23.3 Å². The Bertz CT molecular complexity index is 365. The van der Waals surface area contributed by atoms with E-state index in [0.717, 1.165) is 24.8 Å². The van der Waals surface area contributed by atoms with Gasteiger partial charge in [-0.3, -0.25) is 0 Å². The Balaban J connectivity index is 2.48. The number of rotatable bonds is 2. The highest BCUT2D eigenvalue weighted by atomic mass is 16.4. The molecule has 2 heteroatoms. The van der Waals surface area contributed by atoms with Crippen LogP contribution in [0.4, 0.5) is 0 Å². The van der Waals surface area contributed by atoms with Gasteiger partial charge in [-0.1, -0.05) is 31.9 Å². The Morgan fingerprint density at radius 2 is 2.38 bits per heavy atom. The third kappa shape index (κ3) is 1.51. The molecule has 88 valence electrons. The average Bonchev–Trinajstić information content (AvgIpc) is 2.60. The lowest BCUT2D eigenvalue weighted by molar-refractivity contribution is -0.134. The van der Waals surface area contributed by atoms with Gasteiger partial charge in [0.25, 0.3) is 0 Å². The van der Waals surface area contributed by atoms with E-state index in [4.69, 9.17) is 0 Å². The van der Waals surface area contributed by atoms with Gasteiger partial charge in [-0.2, -0.15) is 0 Å². The van der Waals surface area contributed by atoms with Gasteiger partial charge in [0.2, 0.25) is 0 Å². The first kappa shape index (κ1) is 11.4. The summed E-state index contributed by atoms with van der Waals surface area (Å²) in [5.74, 6) is -0.152. The zero-order valence-electron chi connectivity index (χ0n) is 10.1. The summed E-state index contributed by atoms with van der Waals surface area (Å²) in [4.78, 5) is 11.5. The highest BCUT2D eigenvalue weighted by Crippen LogP contribution is 2.55. The minimum atomic E-state index is -0.706. The predicted octanol–water partition coefficient (Wildman–Crippen LogP) is 3.54. The molecular formula is C14H20O2. The smallest absolute Gasteiger partial charge is 0.332 e. The lowest BCUT2D eigenvalue weighted by atomic mass is 9.65. The molecule has 0 saturated heterocycles. The van der Waals surface area contributed by atoms with Crippen molar-refractivity contribution < 1.29 is 9.90 Å². The van der Waals surface area contributed by atoms with Crippen molar-refractivity contribution >= 4 is 5.97 Å². The van der Waals surface area contributed by atoms with Gasteiger partial charge in [0.1, 0.15) is 0 Å². The Kier molecular flexibility index (Phi) is 2.92. The second-order valence-electron chi connectivity index (χ2n) is 5.12. The quantitative estimate of drug-likeness (QED) is 0.772. The molecule has 1 N–H and O–H groups in total. The summed E-state index contributed by atoms with van der Waals surface area (Å²) < 4.78 is 0. The van der Waals surface area contributed by atoms with Gasteiger partial charge >= 0.3 is 5.97 Å². The third-order valence-corrected chi connectivity index (χ3v) is 4.41. The van der Waals surface area contributed by atoms with Gasteiger partial charge < -0.3 is 5.11 Å². The fourth-order valence-corrected chi connectivity index (χ4v) is 3.74. The molecule has 2 nitrogen and oxygen atoms in total. The van der Waals surface area contributed by atoms with Crippen LogP contribution in [-0.2, 0) is 4.79 Å². The number of carbonyl (C=O) groups is 1. The Hall–Kier alpha value is -1.05. The summed E-state index contributed by atoms with van der Waals surface area (Å²) in [5, 5.41) is 9.46. The summed E-state index contributed by atoms with van der Waals surface area (Å²) in [7, 11) is 0. The Labute approximate surface area is 97.0 Å². The molecule has 1 saturated carbocycles. The minimum Gasteiger partial charge on any atom is -0.478 e. The molecule has 0 aromatic heterocycles. The molecule has 0 aromatic rings. The topological polar surface area (TPSA) is 37.3 Å². The van der Waals surface area contributed by atoms with Gasteiger partial charge in [0.15, 0.2) is 0 Å². The van der Waals surface area contributed by atoms with Gasteiger partial charge in [0.05, 0.1) is 0 Å². The number of hydrogen-bond donors (Lipinski definition) is 1. The van der Waals surface area contributed by atoms with E-state index in [1.807, 2.05) is 13.0 Å². The van der Waals surface area contributed by atoms with Crippen LogP contribution in [0.15, 0.2) is 23.3 Å². The summed E-state index contributed by atoms with van der Waals surface area (Å²) >= 11 is 0. The second kappa shape index (κ2) is 4.08. The number of aliphatic carboxylic acids is 1. The highest BCUT2D eigenvalue weighted by molar-refractivity contribution is 5.90. The highest BCUT2D eigenvalue weighted by Gasteiger charge is 2.47. The van der Waals surface area contributed by atoms with E-state index in [1.54, 1.807) is 0 Å². The zero-order valence-corrected chi connectivity index (χ0v) is 10.1. The average molecular weight is 220 g/mol. The molecule has 1 spiro atoms. The fourth-order valence-electron chi connectivity index (χ4n) is 3.74. The van der Waals surface area contributed by atoms with Crippen LogP contribution in [0.3, 0.4) is 0 Å². The van der Waals surface area contributed by atoms with Crippen molar-refractivity contribution in [2.24, 2.45) is 11.3 Å².